The first-order chi connectivity index (χ1) is 9.70. The van der Waals surface area contributed by atoms with Crippen molar-refractivity contribution in [2.24, 2.45) is 0 Å². The Bertz CT molecular complexity index is 635. The number of pyridine rings is 1. The molecule has 0 atom stereocenters. The van der Waals surface area contributed by atoms with Crippen LogP contribution in [-0.4, -0.2) is 11.6 Å². The lowest BCUT2D eigenvalue weighted by molar-refractivity contribution is 0.366. The molecule has 0 spiro atoms. The van der Waals surface area contributed by atoms with Crippen LogP contribution in [0.2, 0.25) is 0 Å². The van der Waals surface area contributed by atoms with Crippen LogP contribution in [0.5, 0.6) is 5.75 Å². The van der Waals surface area contributed by atoms with Crippen molar-refractivity contribution in [3.63, 3.8) is 0 Å². The van der Waals surface area contributed by atoms with Crippen molar-refractivity contribution in [1.29, 1.82) is 0 Å². The van der Waals surface area contributed by atoms with Gasteiger partial charge in [-0.05, 0) is 37.3 Å². The van der Waals surface area contributed by atoms with Gasteiger partial charge in [-0.25, -0.2) is 0 Å². The average Bonchev–Trinajstić information content (AvgIpc) is 2.45. The molecule has 20 heavy (non-hydrogen) atoms. The maximum atomic E-state index is 5.55. The van der Waals surface area contributed by atoms with Gasteiger partial charge < -0.3 is 10.1 Å². The van der Waals surface area contributed by atoms with Crippen LogP contribution in [-0.2, 0) is 6.54 Å². The van der Waals surface area contributed by atoms with Crippen LogP contribution in [0, 0.1) is 19.3 Å². The van der Waals surface area contributed by atoms with E-state index in [1.165, 1.54) is 0 Å². The number of nitrogens with one attached hydrogen (secondary N) is 1. The molecular formula is C16H15BrN2O. The van der Waals surface area contributed by atoms with Gasteiger partial charge in [-0.15, -0.1) is 6.42 Å². The molecule has 0 aliphatic rings. The summed E-state index contributed by atoms with van der Waals surface area (Å²) in [5, 5.41) is 3.36. The van der Waals surface area contributed by atoms with Gasteiger partial charge in [-0.3, -0.25) is 4.98 Å². The number of hydrogen-bond acceptors (Lipinski definition) is 3. The van der Waals surface area contributed by atoms with E-state index in [9.17, 15) is 0 Å². The average molecular weight is 331 g/mol. The van der Waals surface area contributed by atoms with Crippen molar-refractivity contribution in [2.45, 2.75) is 13.5 Å². The van der Waals surface area contributed by atoms with E-state index in [1.807, 2.05) is 37.3 Å². The number of benzene rings is 1. The Kier molecular flexibility index (Phi) is 5.03. The van der Waals surface area contributed by atoms with Crippen LogP contribution < -0.4 is 10.1 Å². The highest BCUT2D eigenvalue weighted by atomic mass is 79.9. The number of rotatable bonds is 5. The van der Waals surface area contributed by atoms with Gasteiger partial charge in [0, 0.05) is 22.8 Å². The molecule has 102 valence electrons. The van der Waals surface area contributed by atoms with E-state index in [0.717, 1.165) is 27.2 Å². The highest BCUT2D eigenvalue weighted by Crippen LogP contribution is 2.24. The second-order valence-electron chi connectivity index (χ2n) is 4.23. The number of halogens is 1. The Labute approximate surface area is 127 Å². The minimum Gasteiger partial charge on any atom is -0.481 e. The van der Waals surface area contributed by atoms with Crippen LogP contribution >= 0.6 is 15.9 Å². The van der Waals surface area contributed by atoms with Crippen LogP contribution in [0.25, 0.3) is 0 Å². The molecule has 3 nitrogen and oxygen atoms in total. The van der Waals surface area contributed by atoms with Crippen molar-refractivity contribution < 1.29 is 4.74 Å². The molecule has 0 unspecified atom stereocenters. The summed E-state index contributed by atoms with van der Waals surface area (Å²) in [4.78, 5) is 4.25. The zero-order chi connectivity index (χ0) is 14.4. The zero-order valence-corrected chi connectivity index (χ0v) is 12.8. The van der Waals surface area contributed by atoms with Crippen molar-refractivity contribution in [2.75, 3.05) is 11.9 Å². The largest absolute Gasteiger partial charge is 0.481 e. The van der Waals surface area contributed by atoms with Gasteiger partial charge in [0.25, 0.3) is 0 Å². The molecule has 0 saturated heterocycles. The van der Waals surface area contributed by atoms with Crippen LogP contribution in [0.3, 0.4) is 0 Å². The van der Waals surface area contributed by atoms with Crippen molar-refractivity contribution in [1.82, 2.24) is 4.98 Å². The first-order valence-corrected chi connectivity index (χ1v) is 7.00. The van der Waals surface area contributed by atoms with E-state index in [2.05, 4.69) is 32.2 Å². The molecule has 0 bridgehead atoms. The van der Waals surface area contributed by atoms with Gasteiger partial charge >= 0.3 is 0 Å². The van der Waals surface area contributed by atoms with E-state index in [1.54, 1.807) is 6.20 Å². The summed E-state index contributed by atoms with van der Waals surface area (Å²) in [6.45, 7) is 2.88. The van der Waals surface area contributed by atoms with Gasteiger partial charge in [0.1, 0.15) is 12.4 Å². The predicted octanol–water partition coefficient (Wildman–Crippen LogP) is 3.78. The lowest BCUT2D eigenvalue weighted by Gasteiger charge is -2.13. The van der Waals surface area contributed by atoms with E-state index in [-0.39, 0.29) is 6.61 Å². The molecule has 0 radical (unpaired) electrons. The Morgan fingerprint density at radius 3 is 3.00 bits per heavy atom. The number of ether oxygens (including phenoxy) is 1. The summed E-state index contributed by atoms with van der Waals surface area (Å²) in [7, 11) is 0. The van der Waals surface area contributed by atoms with E-state index < -0.39 is 0 Å². The molecule has 1 heterocycles. The maximum Gasteiger partial charge on any atom is 0.148 e. The SMILES string of the molecule is C#CCOc1ccc(Br)cc1CNc1cccnc1C. The summed E-state index contributed by atoms with van der Waals surface area (Å²) in [6, 6.07) is 9.78. The van der Waals surface area contributed by atoms with Crippen molar-refractivity contribution in [3.8, 4) is 18.1 Å². The number of aromatic nitrogens is 1. The molecule has 1 N–H and O–H groups in total. The maximum absolute atomic E-state index is 5.55. The van der Waals surface area contributed by atoms with Gasteiger partial charge in [-0.2, -0.15) is 0 Å². The minimum atomic E-state index is 0.264. The van der Waals surface area contributed by atoms with Crippen molar-refractivity contribution >= 4 is 21.6 Å². The van der Waals surface area contributed by atoms with E-state index in [0.29, 0.717) is 6.54 Å². The highest BCUT2D eigenvalue weighted by molar-refractivity contribution is 9.10. The summed E-state index contributed by atoms with van der Waals surface area (Å²) in [6.07, 6.45) is 7.01. The molecule has 0 fully saturated rings. The summed E-state index contributed by atoms with van der Waals surface area (Å²) >= 11 is 3.47. The molecule has 4 heteroatoms. The molecule has 0 aliphatic carbocycles. The molecular weight excluding hydrogens is 316 g/mol. The lowest BCUT2D eigenvalue weighted by atomic mass is 10.2. The normalized spacial score (nSPS) is 9.85. The third-order valence-electron chi connectivity index (χ3n) is 2.81. The second-order valence-corrected chi connectivity index (χ2v) is 5.15. The summed E-state index contributed by atoms with van der Waals surface area (Å²) in [5.41, 5.74) is 3.02. The molecule has 2 aromatic rings. The van der Waals surface area contributed by atoms with Crippen LogP contribution in [0.4, 0.5) is 5.69 Å². The van der Waals surface area contributed by atoms with Crippen LogP contribution in [0.15, 0.2) is 41.0 Å². The fourth-order valence-electron chi connectivity index (χ4n) is 1.81. The van der Waals surface area contributed by atoms with Gasteiger partial charge in [-0.1, -0.05) is 21.9 Å². The Morgan fingerprint density at radius 2 is 2.25 bits per heavy atom. The molecule has 2 rings (SSSR count). The minimum absolute atomic E-state index is 0.264. The number of terminal acetylenes is 1. The summed E-state index contributed by atoms with van der Waals surface area (Å²) in [5.74, 6) is 3.27. The topological polar surface area (TPSA) is 34.1 Å². The molecule has 0 aliphatic heterocycles. The van der Waals surface area contributed by atoms with Gasteiger partial charge in [0.2, 0.25) is 0 Å². The number of aryl methyl sites for hydroxylation is 1. The fraction of sp³-hybridized carbons (Fsp3) is 0.188. The number of nitrogens with zero attached hydrogens (tertiary/aromatic N) is 1. The highest BCUT2D eigenvalue weighted by Gasteiger charge is 2.05. The van der Waals surface area contributed by atoms with Gasteiger partial charge in [0.05, 0.1) is 11.4 Å². The third kappa shape index (κ3) is 3.75. The summed E-state index contributed by atoms with van der Waals surface area (Å²) < 4.78 is 6.55. The smallest absolute Gasteiger partial charge is 0.148 e. The molecule has 1 aromatic carbocycles. The lowest BCUT2D eigenvalue weighted by Crippen LogP contribution is -2.05. The Balaban J connectivity index is 2.14. The van der Waals surface area contributed by atoms with Crippen LogP contribution in [0.1, 0.15) is 11.3 Å². The second kappa shape index (κ2) is 6.97. The Morgan fingerprint density at radius 1 is 1.40 bits per heavy atom. The third-order valence-corrected chi connectivity index (χ3v) is 3.30. The van der Waals surface area contributed by atoms with E-state index in [4.69, 9.17) is 11.2 Å². The number of hydrogen-bond donors (Lipinski definition) is 1. The Hall–Kier alpha value is -1.99. The molecule has 0 saturated carbocycles. The molecule has 1 aromatic heterocycles. The predicted molar refractivity (Wildman–Crippen MR) is 84.8 cm³/mol. The fourth-order valence-corrected chi connectivity index (χ4v) is 2.22. The monoisotopic (exact) mass is 330 g/mol. The van der Waals surface area contributed by atoms with Gasteiger partial charge in [0.15, 0.2) is 0 Å². The molecule has 0 amide bonds. The standard InChI is InChI=1S/C16H15BrN2O/c1-3-9-20-16-7-6-14(17)10-13(16)11-19-15-5-4-8-18-12(15)2/h1,4-8,10,19H,9,11H2,2H3. The number of anilines is 1. The van der Waals surface area contributed by atoms with E-state index >= 15 is 0 Å². The quantitative estimate of drug-likeness (QED) is 0.847. The van der Waals surface area contributed by atoms with Crippen molar-refractivity contribution in [3.05, 3.63) is 52.3 Å². The first-order valence-electron chi connectivity index (χ1n) is 6.21. The zero-order valence-electron chi connectivity index (χ0n) is 11.2. The first kappa shape index (κ1) is 14.4.